The van der Waals surface area contributed by atoms with Crippen LogP contribution in [0.15, 0.2) is 30.5 Å². The number of halogens is 2. The van der Waals surface area contributed by atoms with Crippen LogP contribution in [-0.2, 0) is 13.0 Å². The number of carbonyl (C=O) groups is 1. The van der Waals surface area contributed by atoms with E-state index in [-0.39, 0.29) is 23.0 Å². The van der Waals surface area contributed by atoms with Gasteiger partial charge in [-0.05, 0) is 23.6 Å². The summed E-state index contributed by atoms with van der Waals surface area (Å²) in [5.74, 6) is -2.48. The Bertz CT molecular complexity index is 1410. The maximum absolute atomic E-state index is 14.9. The molecule has 0 spiro atoms. The van der Waals surface area contributed by atoms with Crippen molar-refractivity contribution in [3.05, 3.63) is 53.2 Å². The van der Waals surface area contributed by atoms with Crippen LogP contribution in [0.3, 0.4) is 0 Å². The predicted octanol–water partition coefficient (Wildman–Crippen LogP) is 4.02. The number of rotatable bonds is 4. The van der Waals surface area contributed by atoms with Crippen LogP contribution >= 0.6 is 0 Å². The molecule has 0 fully saturated rings. The highest BCUT2D eigenvalue weighted by molar-refractivity contribution is 5.91. The molecule has 5 rings (SSSR count). The molecule has 2 N–H and O–H groups in total. The van der Waals surface area contributed by atoms with Gasteiger partial charge >= 0.3 is 6.09 Å². The molecule has 0 unspecified atom stereocenters. The highest BCUT2D eigenvalue weighted by atomic mass is 19.1. The van der Waals surface area contributed by atoms with Gasteiger partial charge in [0.05, 0.1) is 30.9 Å². The summed E-state index contributed by atoms with van der Waals surface area (Å²) in [4.78, 5) is 21.1. The molecule has 0 saturated heterocycles. The number of hydrogen-bond acceptors (Lipinski definition) is 6. The van der Waals surface area contributed by atoms with Crippen molar-refractivity contribution >= 4 is 17.1 Å². The number of fused-ring (bicyclic) bond motifs is 2. The number of carboxylic acid groups (broad SMARTS) is 1. The van der Waals surface area contributed by atoms with Crippen LogP contribution in [0.2, 0.25) is 0 Å². The fraction of sp³-hybridized carbons (Fsp3) is 0.217. The normalized spacial score (nSPS) is 13.1. The van der Waals surface area contributed by atoms with Crippen LogP contribution in [0.4, 0.5) is 13.6 Å². The molecule has 0 aliphatic carbocycles. The summed E-state index contributed by atoms with van der Waals surface area (Å²) >= 11 is 0. The first-order chi connectivity index (χ1) is 16.4. The molecule has 1 aliphatic rings. The molecule has 3 heterocycles. The van der Waals surface area contributed by atoms with E-state index in [4.69, 9.17) is 9.47 Å². The molecule has 0 bridgehead atoms. The van der Waals surface area contributed by atoms with Gasteiger partial charge in [-0.25, -0.2) is 23.5 Å². The molecule has 174 valence electrons. The van der Waals surface area contributed by atoms with Crippen LogP contribution in [0.25, 0.3) is 33.7 Å². The standard InChI is InChI=1S/C23H19F2N5O4/c1-33-15-8-16(34-2)19(25)17(18(15)24)22-26-9-14-20(28-29-21(14)27-22)12-3-4-13-10-30(23(31)32)6-5-11(13)7-12/h3-4,7-9H,5-6,10H2,1-2H3,(H,31,32)(H,26,27,28,29). The van der Waals surface area contributed by atoms with E-state index in [9.17, 15) is 18.7 Å². The third kappa shape index (κ3) is 3.45. The Hall–Kier alpha value is -4.28. The van der Waals surface area contributed by atoms with E-state index >= 15 is 0 Å². The Morgan fingerprint density at radius 1 is 1.12 bits per heavy atom. The van der Waals surface area contributed by atoms with Gasteiger partial charge in [0.2, 0.25) is 0 Å². The summed E-state index contributed by atoms with van der Waals surface area (Å²) in [5, 5.41) is 16.9. The van der Waals surface area contributed by atoms with Gasteiger partial charge in [-0.3, -0.25) is 5.10 Å². The van der Waals surface area contributed by atoms with E-state index in [2.05, 4.69) is 20.2 Å². The molecule has 34 heavy (non-hydrogen) atoms. The number of H-pyrrole nitrogens is 1. The second-order valence-electron chi connectivity index (χ2n) is 7.75. The average Bonchev–Trinajstić information content (AvgIpc) is 3.27. The van der Waals surface area contributed by atoms with Crippen molar-refractivity contribution in [2.75, 3.05) is 20.8 Å². The molecular weight excluding hydrogens is 448 g/mol. The van der Waals surface area contributed by atoms with Crippen molar-refractivity contribution in [1.29, 1.82) is 0 Å². The zero-order valence-electron chi connectivity index (χ0n) is 18.2. The molecule has 0 saturated carbocycles. The molecule has 2 aromatic carbocycles. The number of nitrogens with zero attached hydrogens (tertiary/aromatic N) is 4. The van der Waals surface area contributed by atoms with E-state index in [0.29, 0.717) is 30.6 Å². The van der Waals surface area contributed by atoms with Crippen molar-refractivity contribution in [1.82, 2.24) is 25.1 Å². The lowest BCUT2D eigenvalue weighted by molar-refractivity contribution is 0.140. The quantitative estimate of drug-likeness (QED) is 0.466. The maximum atomic E-state index is 14.9. The minimum absolute atomic E-state index is 0.197. The minimum atomic E-state index is -0.944. The Morgan fingerprint density at radius 2 is 1.85 bits per heavy atom. The van der Waals surface area contributed by atoms with Gasteiger partial charge in [-0.2, -0.15) is 5.10 Å². The Kier molecular flexibility index (Phi) is 5.23. The zero-order valence-corrected chi connectivity index (χ0v) is 18.2. The van der Waals surface area contributed by atoms with Crippen molar-refractivity contribution in [3.63, 3.8) is 0 Å². The number of benzene rings is 2. The Labute approximate surface area is 192 Å². The van der Waals surface area contributed by atoms with E-state index in [1.54, 1.807) is 0 Å². The average molecular weight is 467 g/mol. The number of ether oxygens (including phenoxy) is 2. The van der Waals surface area contributed by atoms with Crippen molar-refractivity contribution in [2.24, 2.45) is 0 Å². The van der Waals surface area contributed by atoms with Gasteiger partial charge in [0, 0.05) is 30.9 Å². The monoisotopic (exact) mass is 467 g/mol. The molecule has 2 aromatic heterocycles. The fourth-order valence-electron chi connectivity index (χ4n) is 4.10. The summed E-state index contributed by atoms with van der Waals surface area (Å²) in [5.41, 5.74) is 3.21. The molecule has 0 radical (unpaired) electrons. The Morgan fingerprint density at radius 3 is 2.53 bits per heavy atom. The van der Waals surface area contributed by atoms with Crippen LogP contribution in [0.5, 0.6) is 11.5 Å². The molecule has 11 heteroatoms. The SMILES string of the molecule is COc1cc(OC)c(F)c(-c2ncc3c(-c4ccc5c(c4)CCN(C(=O)O)C5)[nH]nc3n2)c1F. The number of hydrogen-bond donors (Lipinski definition) is 2. The first-order valence-corrected chi connectivity index (χ1v) is 10.3. The fourth-order valence-corrected chi connectivity index (χ4v) is 4.10. The lowest BCUT2D eigenvalue weighted by Crippen LogP contribution is -2.34. The first-order valence-electron chi connectivity index (χ1n) is 10.3. The zero-order chi connectivity index (χ0) is 24.0. The largest absolute Gasteiger partial charge is 0.494 e. The summed E-state index contributed by atoms with van der Waals surface area (Å²) in [6, 6.07) is 6.83. The van der Waals surface area contributed by atoms with Crippen molar-refractivity contribution in [3.8, 4) is 34.1 Å². The van der Waals surface area contributed by atoms with E-state index in [0.717, 1.165) is 22.8 Å². The molecule has 1 aliphatic heterocycles. The van der Waals surface area contributed by atoms with Crippen molar-refractivity contribution < 1.29 is 28.2 Å². The number of methoxy groups -OCH3 is 2. The van der Waals surface area contributed by atoms with Crippen LogP contribution in [-0.4, -0.2) is 57.0 Å². The van der Waals surface area contributed by atoms with Crippen LogP contribution < -0.4 is 9.47 Å². The van der Waals surface area contributed by atoms with E-state index in [1.165, 1.54) is 25.3 Å². The van der Waals surface area contributed by atoms with Gasteiger partial charge in [0.1, 0.15) is 0 Å². The summed E-state index contributed by atoms with van der Waals surface area (Å²) < 4.78 is 39.7. The summed E-state index contributed by atoms with van der Waals surface area (Å²) in [6.07, 6.45) is 1.11. The molecule has 4 aromatic rings. The lowest BCUT2D eigenvalue weighted by Gasteiger charge is -2.26. The first kappa shape index (κ1) is 21.6. The molecule has 9 nitrogen and oxygen atoms in total. The molecule has 0 atom stereocenters. The number of nitrogens with one attached hydrogen (secondary N) is 1. The number of aromatic amines is 1. The second kappa shape index (κ2) is 8.25. The third-order valence-corrected chi connectivity index (χ3v) is 5.89. The van der Waals surface area contributed by atoms with Gasteiger partial charge in [0.15, 0.2) is 34.6 Å². The third-order valence-electron chi connectivity index (χ3n) is 5.89. The minimum Gasteiger partial charge on any atom is -0.494 e. The summed E-state index contributed by atoms with van der Waals surface area (Å²) in [7, 11) is 2.53. The number of aromatic nitrogens is 4. The van der Waals surface area contributed by atoms with Crippen LogP contribution in [0, 0.1) is 11.6 Å². The van der Waals surface area contributed by atoms with Crippen molar-refractivity contribution in [2.45, 2.75) is 13.0 Å². The lowest BCUT2D eigenvalue weighted by atomic mass is 9.96. The highest BCUT2D eigenvalue weighted by Crippen LogP contribution is 2.37. The van der Waals surface area contributed by atoms with Gasteiger partial charge < -0.3 is 19.5 Å². The van der Waals surface area contributed by atoms with Gasteiger partial charge in [0.25, 0.3) is 0 Å². The van der Waals surface area contributed by atoms with E-state index < -0.39 is 23.3 Å². The highest BCUT2D eigenvalue weighted by Gasteiger charge is 2.25. The van der Waals surface area contributed by atoms with E-state index in [1.807, 2.05) is 18.2 Å². The van der Waals surface area contributed by atoms with Gasteiger partial charge in [-0.15, -0.1) is 0 Å². The topological polar surface area (TPSA) is 113 Å². The second-order valence-corrected chi connectivity index (χ2v) is 7.75. The number of amides is 1. The smallest absolute Gasteiger partial charge is 0.407 e. The Balaban J connectivity index is 1.55. The molecule has 1 amide bonds. The molecular formula is C23H19F2N5O4. The maximum Gasteiger partial charge on any atom is 0.407 e. The van der Waals surface area contributed by atoms with Gasteiger partial charge in [-0.1, -0.05) is 12.1 Å². The predicted molar refractivity (Wildman–Crippen MR) is 118 cm³/mol. The van der Waals surface area contributed by atoms with Crippen LogP contribution in [0.1, 0.15) is 11.1 Å². The summed E-state index contributed by atoms with van der Waals surface area (Å²) in [6.45, 7) is 0.755.